The number of guanidine groups is 1. The molecule has 25 heavy (non-hydrogen) atoms. The maximum absolute atomic E-state index is 5.42. The van der Waals surface area contributed by atoms with Gasteiger partial charge in [-0.15, -0.1) is 0 Å². The molecule has 0 bridgehead atoms. The van der Waals surface area contributed by atoms with Crippen molar-refractivity contribution in [3.05, 3.63) is 29.8 Å². The number of hydrogen-bond donors (Lipinski definition) is 2. The van der Waals surface area contributed by atoms with Crippen molar-refractivity contribution < 1.29 is 4.74 Å². The summed E-state index contributed by atoms with van der Waals surface area (Å²) in [5.74, 6) is 2.38. The Hall–Kier alpha value is -1.75. The first-order valence-corrected chi connectivity index (χ1v) is 9.54. The summed E-state index contributed by atoms with van der Waals surface area (Å²) in [5, 5.41) is 6.90. The molecule has 1 aliphatic heterocycles. The van der Waals surface area contributed by atoms with E-state index in [1.165, 1.54) is 18.4 Å². The molecule has 0 amide bonds. The van der Waals surface area contributed by atoms with Gasteiger partial charge in [0.15, 0.2) is 5.96 Å². The number of likely N-dealkylation sites (tertiary alicyclic amines) is 1. The molecule has 0 radical (unpaired) electrons. The fraction of sp³-hybridized carbons (Fsp3) is 0.650. The first-order valence-electron chi connectivity index (χ1n) is 9.54. The standard InChI is InChI=1S/C20H34N4O/c1-5-21-20(22-14-16(2)3)23-15-19(24-11-6-7-12-24)17-9-8-10-18(13-17)25-4/h8-10,13,16,19H,5-7,11-12,14-15H2,1-4H3,(H2,21,22,23). The Morgan fingerprint density at radius 1 is 1.24 bits per heavy atom. The Labute approximate surface area is 152 Å². The molecule has 2 N–H and O–H groups in total. The van der Waals surface area contributed by atoms with Gasteiger partial charge < -0.3 is 15.4 Å². The van der Waals surface area contributed by atoms with E-state index < -0.39 is 0 Å². The van der Waals surface area contributed by atoms with E-state index in [1.54, 1.807) is 7.11 Å². The van der Waals surface area contributed by atoms with Crippen LogP contribution in [0.3, 0.4) is 0 Å². The predicted octanol–water partition coefficient (Wildman–Crippen LogP) is 3.04. The highest BCUT2D eigenvalue weighted by molar-refractivity contribution is 5.79. The Bertz CT molecular complexity index is 538. The molecule has 0 spiro atoms. The van der Waals surface area contributed by atoms with Crippen LogP contribution < -0.4 is 15.4 Å². The molecule has 140 valence electrons. The number of benzene rings is 1. The van der Waals surface area contributed by atoms with Gasteiger partial charge in [0.05, 0.1) is 13.2 Å². The van der Waals surface area contributed by atoms with E-state index in [-0.39, 0.29) is 0 Å². The monoisotopic (exact) mass is 346 g/mol. The molecule has 2 rings (SSSR count). The van der Waals surface area contributed by atoms with Crippen LogP contribution in [0.1, 0.15) is 45.2 Å². The molecular weight excluding hydrogens is 312 g/mol. The topological polar surface area (TPSA) is 48.9 Å². The lowest BCUT2D eigenvalue weighted by molar-refractivity contribution is 0.245. The third-order valence-corrected chi connectivity index (χ3v) is 4.48. The third kappa shape index (κ3) is 6.24. The van der Waals surface area contributed by atoms with Crippen LogP contribution in [-0.2, 0) is 0 Å². The quantitative estimate of drug-likeness (QED) is 0.561. The molecule has 1 atom stereocenters. The summed E-state index contributed by atoms with van der Waals surface area (Å²) in [5.41, 5.74) is 1.30. The van der Waals surface area contributed by atoms with Gasteiger partial charge in [-0.05, 0) is 56.5 Å². The zero-order valence-electron chi connectivity index (χ0n) is 16.2. The van der Waals surface area contributed by atoms with Crippen LogP contribution in [0.5, 0.6) is 5.75 Å². The van der Waals surface area contributed by atoms with E-state index in [4.69, 9.17) is 9.73 Å². The van der Waals surface area contributed by atoms with Crippen molar-refractivity contribution in [1.82, 2.24) is 15.5 Å². The highest BCUT2D eigenvalue weighted by atomic mass is 16.5. The number of rotatable bonds is 8. The lowest BCUT2D eigenvalue weighted by Gasteiger charge is -2.29. The van der Waals surface area contributed by atoms with Gasteiger partial charge in [-0.2, -0.15) is 0 Å². The average molecular weight is 347 g/mol. The van der Waals surface area contributed by atoms with Crippen molar-refractivity contribution in [3.63, 3.8) is 0 Å². The van der Waals surface area contributed by atoms with Crippen LogP contribution in [0, 0.1) is 5.92 Å². The van der Waals surface area contributed by atoms with Crippen molar-refractivity contribution in [3.8, 4) is 5.75 Å². The Kier molecular flexibility index (Phi) is 8.06. The summed E-state index contributed by atoms with van der Waals surface area (Å²) in [6, 6.07) is 8.77. The molecule has 1 aromatic carbocycles. The second kappa shape index (κ2) is 10.3. The molecule has 1 fully saturated rings. The number of hydrogen-bond acceptors (Lipinski definition) is 3. The summed E-state index contributed by atoms with van der Waals surface area (Å²) >= 11 is 0. The molecule has 1 aliphatic rings. The Morgan fingerprint density at radius 2 is 2.00 bits per heavy atom. The Morgan fingerprint density at radius 3 is 2.64 bits per heavy atom. The number of ether oxygens (including phenoxy) is 1. The minimum absolute atomic E-state index is 0.334. The summed E-state index contributed by atoms with van der Waals surface area (Å²) in [7, 11) is 1.73. The molecule has 1 saturated heterocycles. The Balaban J connectivity index is 2.10. The van der Waals surface area contributed by atoms with E-state index in [1.807, 2.05) is 6.07 Å². The zero-order valence-corrected chi connectivity index (χ0v) is 16.2. The van der Waals surface area contributed by atoms with Crippen molar-refractivity contribution >= 4 is 5.96 Å². The van der Waals surface area contributed by atoms with Gasteiger partial charge >= 0.3 is 0 Å². The second-order valence-corrected chi connectivity index (χ2v) is 7.03. The number of methoxy groups -OCH3 is 1. The fourth-order valence-electron chi connectivity index (χ4n) is 3.17. The third-order valence-electron chi connectivity index (χ3n) is 4.48. The number of nitrogens with one attached hydrogen (secondary N) is 2. The van der Waals surface area contributed by atoms with E-state index >= 15 is 0 Å². The molecule has 0 saturated carbocycles. The predicted molar refractivity (Wildman–Crippen MR) is 105 cm³/mol. The minimum Gasteiger partial charge on any atom is -0.497 e. The molecule has 0 aliphatic carbocycles. The lowest BCUT2D eigenvalue weighted by Crippen LogP contribution is -2.42. The zero-order chi connectivity index (χ0) is 18.1. The molecular formula is C20H34N4O. The van der Waals surface area contributed by atoms with Crippen LogP contribution in [0.25, 0.3) is 0 Å². The molecule has 1 aromatic rings. The SMILES string of the molecule is CCNC(=NCC(C)C)NCC(c1cccc(OC)c1)N1CCCC1. The molecule has 1 heterocycles. The highest BCUT2D eigenvalue weighted by Gasteiger charge is 2.24. The van der Waals surface area contributed by atoms with Crippen molar-refractivity contribution in [1.29, 1.82) is 0 Å². The normalized spacial score (nSPS) is 16.9. The van der Waals surface area contributed by atoms with E-state index in [2.05, 4.69) is 54.5 Å². The van der Waals surface area contributed by atoms with Gasteiger partial charge in [0.25, 0.3) is 0 Å². The van der Waals surface area contributed by atoms with Gasteiger partial charge in [0.1, 0.15) is 5.75 Å². The van der Waals surface area contributed by atoms with Gasteiger partial charge in [0, 0.05) is 19.6 Å². The number of nitrogens with zero attached hydrogens (tertiary/aromatic N) is 2. The van der Waals surface area contributed by atoms with Gasteiger partial charge in [-0.1, -0.05) is 26.0 Å². The van der Waals surface area contributed by atoms with E-state index in [0.717, 1.165) is 44.4 Å². The first kappa shape index (κ1) is 19.6. The highest BCUT2D eigenvalue weighted by Crippen LogP contribution is 2.27. The van der Waals surface area contributed by atoms with Crippen LogP contribution >= 0.6 is 0 Å². The fourth-order valence-corrected chi connectivity index (χ4v) is 3.17. The van der Waals surface area contributed by atoms with Crippen molar-refractivity contribution in [2.75, 3.05) is 39.8 Å². The molecule has 5 heteroatoms. The minimum atomic E-state index is 0.334. The summed E-state index contributed by atoms with van der Waals surface area (Å²) < 4.78 is 5.42. The smallest absolute Gasteiger partial charge is 0.191 e. The van der Waals surface area contributed by atoms with Crippen molar-refractivity contribution in [2.24, 2.45) is 10.9 Å². The van der Waals surface area contributed by atoms with Crippen LogP contribution in [0.15, 0.2) is 29.3 Å². The maximum Gasteiger partial charge on any atom is 0.191 e. The summed E-state index contributed by atoms with van der Waals surface area (Å²) in [6.07, 6.45) is 2.56. The van der Waals surface area contributed by atoms with Gasteiger partial charge in [-0.3, -0.25) is 9.89 Å². The largest absolute Gasteiger partial charge is 0.497 e. The summed E-state index contributed by atoms with van der Waals surface area (Å²) in [4.78, 5) is 7.25. The van der Waals surface area contributed by atoms with Gasteiger partial charge in [0.2, 0.25) is 0 Å². The number of aliphatic imine (C=N–C) groups is 1. The van der Waals surface area contributed by atoms with Crippen LogP contribution in [0.4, 0.5) is 0 Å². The van der Waals surface area contributed by atoms with E-state index in [9.17, 15) is 0 Å². The average Bonchev–Trinajstić information content (AvgIpc) is 3.14. The molecule has 5 nitrogen and oxygen atoms in total. The molecule has 1 unspecified atom stereocenters. The van der Waals surface area contributed by atoms with Crippen molar-refractivity contribution in [2.45, 2.75) is 39.7 Å². The summed E-state index contributed by atoms with van der Waals surface area (Å²) in [6.45, 7) is 11.4. The second-order valence-electron chi connectivity index (χ2n) is 7.03. The molecule has 0 aromatic heterocycles. The van der Waals surface area contributed by atoms with Gasteiger partial charge in [-0.25, -0.2) is 0 Å². The maximum atomic E-state index is 5.42. The van der Waals surface area contributed by atoms with Crippen LogP contribution in [0.2, 0.25) is 0 Å². The van der Waals surface area contributed by atoms with E-state index in [0.29, 0.717) is 12.0 Å². The van der Waals surface area contributed by atoms with Crippen LogP contribution in [-0.4, -0.2) is 50.7 Å². The lowest BCUT2D eigenvalue weighted by atomic mass is 10.1. The first-order chi connectivity index (χ1) is 12.1.